The van der Waals surface area contributed by atoms with Crippen molar-refractivity contribution in [1.29, 1.82) is 0 Å². The Labute approximate surface area is 135 Å². The van der Waals surface area contributed by atoms with Gasteiger partial charge in [-0.3, -0.25) is 0 Å². The highest BCUT2D eigenvalue weighted by molar-refractivity contribution is 6.36. The monoisotopic (exact) mass is 323 g/mol. The second kappa shape index (κ2) is 6.80. The first-order valence-electron chi connectivity index (χ1n) is 6.88. The lowest BCUT2D eigenvalue weighted by molar-refractivity contribution is 0.100. The van der Waals surface area contributed by atoms with Gasteiger partial charge < -0.3 is 10.8 Å². The molecule has 0 aromatic heterocycles. The van der Waals surface area contributed by atoms with Crippen LogP contribution in [-0.2, 0) is 11.8 Å². The van der Waals surface area contributed by atoms with Crippen LogP contribution in [0.25, 0.3) is 0 Å². The molecule has 0 fully saturated rings. The summed E-state index contributed by atoms with van der Waals surface area (Å²) in [5, 5.41) is 11.6. The zero-order valence-electron chi connectivity index (χ0n) is 11.9. The van der Waals surface area contributed by atoms with E-state index < -0.39 is 11.5 Å². The van der Waals surface area contributed by atoms with Crippen molar-refractivity contribution in [2.24, 2.45) is 5.73 Å². The first-order chi connectivity index (χ1) is 10.0. The van der Waals surface area contributed by atoms with E-state index in [1.807, 2.05) is 36.4 Å². The van der Waals surface area contributed by atoms with Crippen LogP contribution in [-0.4, -0.2) is 17.8 Å². The summed E-state index contributed by atoms with van der Waals surface area (Å²) in [6.07, 6.45) is -0.138. The molecule has 0 aliphatic rings. The number of hydrogen-bond acceptors (Lipinski definition) is 2. The Morgan fingerprint density at radius 1 is 1.05 bits per heavy atom. The number of aliphatic hydroxyl groups is 1. The fraction of sp³-hybridized carbons (Fsp3) is 0.294. The minimum absolute atomic E-state index is 0.302. The smallest absolute Gasteiger partial charge is 0.0624 e. The molecule has 2 nitrogen and oxygen atoms in total. The van der Waals surface area contributed by atoms with E-state index in [9.17, 15) is 5.11 Å². The van der Waals surface area contributed by atoms with Crippen molar-refractivity contribution in [2.75, 3.05) is 6.54 Å². The Hall–Kier alpha value is -1.06. The maximum absolute atomic E-state index is 10.4. The van der Waals surface area contributed by atoms with Gasteiger partial charge in [0.15, 0.2) is 0 Å². The molecule has 0 saturated carbocycles. The molecule has 0 heterocycles. The van der Waals surface area contributed by atoms with Crippen LogP contribution in [0.5, 0.6) is 0 Å². The van der Waals surface area contributed by atoms with Crippen molar-refractivity contribution >= 4 is 23.2 Å². The van der Waals surface area contributed by atoms with Crippen LogP contribution >= 0.6 is 23.2 Å². The molecule has 2 rings (SSSR count). The molecular formula is C17H19Cl2NO. The molecule has 0 amide bonds. The van der Waals surface area contributed by atoms with Gasteiger partial charge in [0.2, 0.25) is 0 Å². The van der Waals surface area contributed by atoms with E-state index in [-0.39, 0.29) is 0 Å². The zero-order chi connectivity index (χ0) is 15.5. The van der Waals surface area contributed by atoms with E-state index in [1.165, 1.54) is 0 Å². The average Bonchev–Trinajstić information content (AvgIpc) is 2.48. The fourth-order valence-electron chi connectivity index (χ4n) is 2.64. The minimum atomic E-state index is -0.628. The van der Waals surface area contributed by atoms with Crippen LogP contribution in [0.4, 0.5) is 0 Å². The Balaban J connectivity index is 2.52. The third kappa shape index (κ3) is 3.24. The lowest BCUT2D eigenvalue weighted by Crippen LogP contribution is -2.46. The first-order valence-corrected chi connectivity index (χ1v) is 7.63. The SMILES string of the molecule is CC(O)C(CN)(Cc1c(Cl)cccc1Cl)c1ccccc1. The first kappa shape index (κ1) is 16.3. The second-order valence-electron chi connectivity index (χ2n) is 5.28. The van der Waals surface area contributed by atoms with Gasteiger partial charge >= 0.3 is 0 Å². The molecule has 2 atom stereocenters. The molecule has 0 aliphatic carbocycles. The van der Waals surface area contributed by atoms with Gasteiger partial charge in [-0.1, -0.05) is 59.6 Å². The van der Waals surface area contributed by atoms with E-state index in [4.69, 9.17) is 28.9 Å². The quantitative estimate of drug-likeness (QED) is 0.878. The van der Waals surface area contributed by atoms with Crippen molar-refractivity contribution in [2.45, 2.75) is 24.9 Å². The van der Waals surface area contributed by atoms with Crippen molar-refractivity contribution < 1.29 is 5.11 Å². The normalized spacial score (nSPS) is 15.5. The van der Waals surface area contributed by atoms with Gasteiger partial charge in [-0.15, -0.1) is 0 Å². The van der Waals surface area contributed by atoms with Gasteiger partial charge in [-0.25, -0.2) is 0 Å². The van der Waals surface area contributed by atoms with Gasteiger partial charge in [-0.05, 0) is 36.6 Å². The van der Waals surface area contributed by atoms with E-state index in [0.717, 1.165) is 11.1 Å². The van der Waals surface area contributed by atoms with Crippen molar-refractivity contribution in [3.8, 4) is 0 Å². The van der Waals surface area contributed by atoms with Gasteiger partial charge in [0, 0.05) is 22.0 Å². The predicted molar refractivity (Wildman–Crippen MR) is 89.0 cm³/mol. The molecule has 0 aliphatic heterocycles. The third-order valence-corrected chi connectivity index (χ3v) is 4.77. The lowest BCUT2D eigenvalue weighted by Gasteiger charge is -2.36. The summed E-state index contributed by atoms with van der Waals surface area (Å²) in [5.74, 6) is 0. The van der Waals surface area contributed by atoms with E-state index in [0.29, 0.717) is 23.0 Å². The van der Waals surface area contributed by atoms with Crippen molar-refractivity contribution in [3.63, 3.8) is 0 Å². The Kier molecular flexibility index (Phi) is 5.28. The standard InChI is InChI=1S/C17H19Cl2NO/c1-12(21)17(11-20,13-6-3-2-4-7-13)10-14-15(18)8-5-9-16(14)19/h2-9,12,21H,10-11,20H2,1H3. The van der Waals surface area contributed by atoms with Crippen LogP contribution in [0.1, 0.15) is 18.1 Å². The lowest BCUT2D eigenvalue weighted by atomic mass is 9.72. The highest BCUT2D eigenvalue weighted by atomic mass is 35.5. The molecule has 3 N–H and O–H groups in total. The van der Waals surface area contributed by atoms with E-state index >= 15 is 0 Å². The van der Waals surface area contributed by atoms with Gasteiger partial charge in [0.05, 0.1) is 6.10 Å². The Morgan fingerprint density at radius 2 is 1.62 bits per heavy atom. The minimum Gasteiger partial charge on any atom is -0.392 e. The summed E-state index contributed by atoms with van der Waals surface area (Å²) in [6, 6.07) is 15.2. The maximum Gasteiger partial charge on any atom is 0.0624 e. The van der Waals surface area contributed by atoms with Crippen molar-refractivity contribution in [3.05, 3.63) is 69.7 Å². The molecule has 21 heavy (non-hydrogen) atoms. The summed E-state index contributed by atoms with van der Waals surface area (Å²) >= 11 is 12.6. The van der Waals surface area contributed by atoms with Crippen LogP contribution in [0, 0.1) is 0 Å². The topological polar surface area (TPSA) is 46.2 Å². The number of benzene rings is 2. The number of halogens is 2. The summed E-state index contributed by atoms with van der Waals surface area (Å²) in [5.41, 5.74) is 7.23. The van der Waals surface area contributed by atoms with Crippen LogP contribution in [0.3, 0.4) is 0 Å². The Morgan fingerprint density at radius 3 is 2.10 bits per heavy atom. The molecule has 2 unspecified atom stereocenters. The van der Waals surface area contributed by atoms with Gasteiger partial charge in [0.1, 0.15) is 0 Å². The summed E-state index contributed by atoms with van der Waals surface area (Å²) in [4.78, 5) is 0. The van der Waals surface area contributed by atoms with Crippen LogP contribution < -0.4 is 5.73 Å². The fourth-order valence-corrected chi connectivity index (χ4v) is 3.17. The number of hydrogen-bond donors (Lipinski definition) is 2. The second-order valence-corrected chi connectivity index (χ2v) is 6.09. The molecular weight excluding hydrogens is 305 g/mol. The average molecular weight is 324 g/mol. The summed E-state index contributed by atoms with van der Waals surface area (Å²) < 4.78 is 0. The molecule has 0 bridgehead atoms. The maximum atomic E-state index is 10.4. The third-order valence-electron chi connectivity index (χ3n) is 4.07. The summed E-state index contributed by atoms with van der Waals surface area (Å²) in [6.45, 7) is 2.06. The highest BCUT2D eigenvalue weighted by Gasteiger charge is 2.37. The predicted octanol–water partition coefficient (Wildman–Crippen LogP) is 3.81. The van der Waals surface area contributed by atoms with Crippen LogP contribution in [0.2, 0.25) is 10.0 Å². The zero-order valence-corrected chi connectivity index (χ0v) is 13.4. The van der Waals surface area contributed by atoms with E-state index in [2.05, 4.69) is 0 Å². The highest BCUT2D eigenvalue weighted by Crippen LogP contribution is 2.36. The molecule has 4 heteroatoms. The van der Waals surface area contributed by atoms with E-state index in [1.54, 1.807) is 19.1 Å². The number of rotatable bonds is 5. The molecule has 0 radical (unpaired) electrons. The van der Waals surface area contributed by atoms with Crippen molar-refractivity contribution in [1.82, 2.24) is 0 Å². The molecule has 2 aromatic carbocycles. The molecule has 0 spiro atoms. The van der Waals surface area contributed by atoms with Gasteiger partial charge in [0.25, 0.3) is 0 Å². The largest absolute Gasteiger partial charge is 0.392 e. The number of aliphatic hydroxyl groups excluding tert-OH is 1. The summed E-state index contributed by atoms with van der Waals surface area (Å²) in [7, 11) is 0. The Bertz CT molecular complexity index is 581. The van der Waals surface area contributed by atoms with Gasteiger partial charge in [-0.2, -0.15) is 0 Å². The molecule has 0 saturated heterocycles. The number of nitrogens with two attached hydrogens (primary N) is 1. The molecule has 112 valence electrons. The van der Waals surface area contributed by atoms with Crippen LogP contribution in [0.15, 0.2) is 48.5 Å². The molecule has 2 aromatic rings.